The van der Waals surface area contributed by atoms with Gasteiger partial charge < -0.3 is 10.2 Å². The van der Waals surface area contributed by atoms with E-state index >= 15 is 0 Å². The molecule has 0 spiro atoms. The van der Waals surface area contributed by atoms with Crippen molar-refractivity contribution in [3.05, 3.63) is 82.5 Å². The lowest BCUT2D eigenvalue weighted by Crippen LogP contribution is -2.43. The average Bonchev–Trinajstić information content (AvgIpc) is 3.32. The smallest absolute Gasteiger partial charge is 0.263 e. The van der Waals surface area contributed by atoms with Crippen LogP contribution in [0.3, 0.4) is 0 Å². The summed E-state index contributed by atoms with van der Waals surface area (Å²) in [5, 5.41) is 5.17. The van der Waals surface area contributed by atoms with E-state index in [1.54, 1.807) is 17.0 Å². The summed E-state index contributed by atoms with van der Waals surface area (Å²) in [4.78, 5) is 45.4. The highest BCUT2D eigenvalue weighted by atomic mass is 32.1. The number of nitrogens with zero attached hydrogens (tertiary/aromatic N) is 3. The van der Waals surface area contributed by atoms with Crippen LogP contribution < -0.4 is 10.9 Å². The molecule has 1 saturated heterocycles. The number of para-hydroxylation sites is 1. The number of anilines is 1. The Labute approximate surface area is 204 Å². The third-order valence-electron chi connectivity index (χ3n) is 6.28. The second kappa shape index (κ2) is 9.79. The Morgan fingerprint density at radius 2 is 1.77 bits per heavy atom. The number of piperidine rings is 1. The van der Waals surface area contributed by atoms with Crippen LogP contribution in [0.5, 0.6) is 0 Å². The summed E-state index contributed by atoms with van der Waals surface area (Å²) in [6.07, 6.45) is 2.53. The van der Waals surface area contributed by atoms with Crippen LogP contribution in [-0.4, -0.2) is 39.4 Å². The maximum absolute atomic E-state index is 13.3. The molecule has 0 aliphatic carbocycles. The van der Waals surface area contributed by atoms with Crippen molar-refractivity contribution < 1.29 is 14.0 Å². The first kappa shape index (κ1) is 22.9. The van der Waals surface area contributed by atoms with E-state index in [1.165, 1.54) is 34.4 Å². The zero-order chi connectivity index (χ0) is 24.4. The zero-order valence-electron chi connectivity index (χ0n) is 18.8. The first-order valence-electron chi connectivity index (χ1n) is 11.4. The van der Waals surface area contributed by atoms with Gasteiger partial charge in [0.25, 0.3) is 5.56 Å². The maximum Gasteiger partial charge on any atom is 0.263 e. The summed E-state index contributed by atoms with van der Waals surface area (Å²) >= 11 is 1.33. The highest BCUT2D eigenvalue weighted by Crippen LogP contribution is 2.30. The number of amides is 2. The highest BCUT2D eigenvalue weighted by Gasteiger charge is 2.28. The number of benzene rings is 2. The van der Waals surface area contributed by atoms with E-state index in [-0.39, 0.29) is 35.7 Å². The molecule has 9 heteroatoms. The number of nitrogens with one attached hydrogen (secondary N) is 1. The van der Waals surface area contributed by atoms with Gasteiger partial charge in [-0.1, -0.05) is 30.3 Å². The summed E-state index contributed by atoms with van der Waals surface area (Å²) in [5.41, 5.74) is 1.85. The Balaban J connectivity index is 1.26. The van der Waals surface area contributed by atoms with E-state index in [9.17, 15) is 18.8 Å². The molecular weight excluding hydrogens is 467 g/mol. The number of thiophene rings is 1. The van der Waals surface area contributed by atoms with E-state index in [4.69, 9.17) is 0 Å². The number of aromatic nitrogens is 2. The Kier molecular flexibility index (Phi) is 6.41. The largest absolute Gasteiger partial charge is 0.341 e. The fraction of sp³-hybridized carbons (Fsp3) is 0.231. The molecule has 0 radical (unpaired) electrons. The predicted molar refractivity (Wildman–Crippen MR) is 134 cm³/mol. The van der Waals surface area contributed by atoms with Crippen LogP contribution in [0.25, 0.3) is 21.3 Å². The standard InChI is InChI=1S/C26H23FN4O3S/c27-19-8-6-17(7-9-19)21-15-35-25-23(21)26(34)31(16-28-25)14-22(32)30-12-10-18(11-13-30)24(33)29-20-4-2-1-3-5-20/h1-9,15-16,18H,10-14H2,(H,29,33). The van der Waals surface area contributed by atoms with Gasteiger partial charge in [0.05, 0.1) is 11.7 Å². The van der Waals surface area contributed by atoms with Crippen LogP contribution in [0.1, 0.15) is 12.8 Å². The van der Waals surface area contributed by atoms with Crippen LogP contribution in [0.15, 0.2) is 71.1 Å². The van der Waals surface area contributed by atoms with Gasteiger partial charge in [-0.15, -0.1) is 11.3 Å². The van der Waals surface area contributed by atoms with E-state index in [2.05, 4.69) is 10.3 Å². The maximum atomic E-state index is 13.3. The molecule has 3 heterocycles. The lowest BCUT2D eigenvalue weighted by molar-refractivity contribution is -0.135. The molecule has 1 aliphatic rings. The van der Waals surface area contributed by atoms with E-state index in [1.807, 2.05) is 35.7 Å². The normalized spacial score (nSPS) is 14.3. The van der Waals surface area contributed by atoms with Gasteiger partial charge in [-0.05, 0) is 42.7 Å². The third kappa shape index (κ3) is 4.85. The van der Waals surface area contributed by atoms with Gasteiger partial charge >= 0.3 is 0 Å². The van der Waals surface area contributed by atoms with E-state index in [0.717, 1.165) is 11.3 Å². The van der Waals surface area contributed by atoms with Gasteiger partial charge in [0.15, 0.2) is 0 Å². The van der Waals surface area contributed by atoms with Crippen LogP contribution in [0.4, 0.5) is 10.1 Å². The monoisotopic (exact) mass is 490 g/mol. The van der Waals surface area contributed by atoms with Gasteiger partial charge in [0.1, 0.15) is 17.2 Å². The molecule has 1 N–H and O–H groups in total. The Morgan fingerprint density at radius 3 is 2.49 bits per heavy atom. The summed E-state index contributed by atoms with van der Waals surface area (Å²) in [6, 6.07) is 15.2. The summed E-state index contributed by atoms with van der Waals surface area (Å²) in [6.45, 7) is 0.784. The number of halogens is 1. The number of likely N-dealkylation sites (tertiary alicyclic amines) is 1. The Hall–Kier alpha value is -3.85. The topological polar surface area (TPSA) is 84.3 Å². The summed E-state index contributed by atoms with van der Waals surface area (Å²) in [7, 11) is 0. The molecule has 2 aromatic heterocycles. The fourth-order valence-corrected chi connectivity index (χ4v) is 5.23. The van der Waals surface area contributed by atoms with Crippen molar-refractivity contribution in [3.63, 3.8) is 0 Å². The molecule has 2 aromatic carbocycles. The molecule has 0 unspecified atom stereocenters. The number of carbonyl (C=O) groups is 2. The van der Waals surface area contributed by atoms with Crippen LogP contribution in [0, 0.1) is 11.7 Å². The SMILES string of the molecule is O=C(Nc1ccccc1)C1CCN(C(=O)Cn2cnc3scc(-c4ccc(F)cc4)c3c2=O)CC1. The van der Waals surface area contributed by atoms with Crippen molar-refractivity contribution in [2.75, 3.05) is 18.4 Å². The second-order valence-corrected chi connectivity index (χ2v) is 9.38. The van der Waals surface area contributed by atoms with Crippen molar-refractivity contribution in [2.24, 2.45) is 5.92 Å². The molecular formula is C26H23FN4O3S. The average molecular weight is 491 g/mol. The van der Waals surface area contributed by atoms with Crippen LogP contribution in [0.2, 0.25) is 0 Å². The second-order valence-electron chi connectivity index (χ2n) is 8.52. The molecule has 7 nitrogen and oxygen atoms in total. The first-order chi connectivity index (χ1) is 17.0. The minimum Gasteiger partial charge on any atom is -0.341 e. The zero-order valence-corrected chi connectivity index (χ0v) is 19.6. The van der Waals surface area contributed by atoms with Crippen molar-refractivity contribution in [3.8, 4) is 11.1 Å². The van der Waals surface area contributed by atoms with Crippen molar-refractivity contribution in [1.29, 1.82) is 0 Å². The van der Waals surface area contributed by atoms with Gasteiger partial charge in [-0.3, -0.25) is 19.0 Å². The van der Waals surface area contributed by atoms with Crippen molar-refractivity contribution in [2.45, 2.75) is 19.4 Å². The fourth-order valence-electron chi connectivity index (χ4n) is 4.32. The van der Waals surface area contributed by atoms with Gasteiger partial charge in [0, 0.05) is 35.6 Å². The van der Waals surface area contributed by atoms with Gasteiger partial charge in [-0.25, -0.2) is 9.37 Å². The molecule has 4 aromatic rings. The number of hydrogen-bond donors (Lipinski definition) is 1. The number of carbonyl (C=O) groups excluding carboxylic acids is 2. The highest BCUT2D eigenvalue weighted by molar-refractivity contribution is 7.17. The number of fused-ring (bicyclic) bond motifs is 1. The van der Waals surface area contributed by atoms with Crippen LogP contribution >= 0.6 is 11.3 Å². The predicted octanol–water partition coefficient (Wildman–Crippen LogP) is 4.14. The van der Waals surface area contributed by atoms with Gasteiger partial charge in [-0.2, -0.15) is 0 Å². The van der Waals surface area contributed by atoms with Crippen LogP contribution in [-0.2, 0) is 16.1 Å². The minimum absolute atomic E-state index is 0.0417. The quantitative estimate of drug-likeness (QED) is 0.456. The first-order valence-corrected chi connectivity index (χ1v) is 12.2. The summed E-state index contributed by atoms with van der Waals surface area (Å²) in [5.74, 6) is -0.742. The van der Waals surface area contributed by atoms with Crippen molar-refractivity contribution >= 4 is 39.1 Å². The lowest BCUT2D eigenvalue weighted by Gasteiger charge is -2.31. The lowest BCUT2D eigenvalue weighted by atomic mass is 9.95. The number of rotatable bonds is 5. The Morgan fingerprint density at radius 1 is 1.06 bits per heavy atom. The minimum atomic E-state index is -0.351. The van der Waals surface area contributed by atoms with Crippen molar-refractivity contribution in [1.82, 2.24) is 14.5 Å². The molecule has 0 saturated carbocycles. The Bertz CT molecular complexity index is 1420. The molecule has 178 valence electrons. The molecule has 1 fully saturated rings. The third-order valence-corrected chi connectivity index (χ3v) is 7.17. The molecule has 1 aliphatic heterocycles. The molecule has 0 bridgehead atoms. The number of hydrogen-bond acceptors (Lipinski definition) is 5. The van der Waals surface area contributed by atoms with Gasteiger partial charge in [0.2, 0.25) is 11.8 Å². The summed E-state index contributed by atoms with van der Waals surface area (Å²) < 4.78 is 14.7. The molecule has 2 amide bonds. The molecule has 35 heavy (non-hydrogen) atoms. The van der Waals surface area contributed by atoms with E-state index in [0.29, 0.717) is 41.7 Å². The molecule has 5 rings (SSSR count). The van der Waals surface area contributed by atoms with E-state index < -0.39 is 0 Å². The molecule has 0 atom stereocenters.